The molecule has 1 rings (SSSR count). The molecule has 3 atom stereocenters. The van der Waals surface area contributed by atoms with E-state index in [-0.39, 0.29) is 5.92 Å². The van der Waals surface area contributed by atoms with Crippen molar-refractivity contribution in [1.29, 1.82) is 5.26 Å². The molecule has 3 heteroatoms. The maximum absolute atomic E-state index is 8.66. The summed E-state index contributed by atoms with van der Waals surface area (Å²) in [6.07, 6.45) is 2.41. The number of nitrogens with one attached hydrogen (secondary N) is 1. The highest BCUT2D eigenvalue weighted by Crippen LogP contribution is 2.15. The van der Waals surface area contributed by atoms with Crippen molar-refractivity contribution in [2.24, 2.45) is 5.92 Å². The molecule has 0 bridgehead atoms. The number of hydrogen-bond acceptors (Lipinski definition) is 3. The van der Waals surface area contributed by atoms with Gasteiger partial charge in [-0.3, -0.25) is 0 Å². The number of rotatable bonds is 3. The topological polar surface area (TPSA) is 39.1 Å². The molecule has 0 radical (unpaired) electrons. The van der Waals surface area contributed by atoms with Crippen molar-refractivity contribution >= 4 is 0 Å². The van der Waals surface area contributed by atoms with Crippen LogP contribution in [0.15, 0.2) is 0 Å². The van der Waals surface area contributed by atoms with Gasteiger partial charge in [-0.2, -0.15) is 5.26 Å². The third-order valence-electron chi connectivity index (χ3n) is 3.14. The fourth-order valence-corrected chi connectivity index (χ4v) is 1.86. The molecule has 0 saturated carbocycles. The summed E-state index contributed by atoms with van der Waals surface area (Å²) in [7, 11) is 2.18. The first-order valence-electron chi connectivity index (χ1n) is 5.46. The van der Waals surface area contributed by atoms with Crippen LogP contribution >= 0.6 is 0 Å². The zero-order valence-electron chi connectivity index (χ0n) is 9.45. The molecule has 80 valence electrons. The first-order valence-corrected chi connectivity index (χ1v) is 5.46. The quantitative estimate of drug-likeness (QED) is 0.736. The molecule has 0 aromatic heterocycles. The Morgan fingerprint density at radius 2 is 2.36 bits per heavy atom. The normalized spacial score (nSPS) is 31.0. The summed E-state index contributed by atoms with van der Waals surface area (Å²) in [4.78, 5) is 2.39. The van der Waals surface area contributed by atoms with Crippen LogP contribution in [0, 0.1) is 17.2 Å². The van der Waals surface area contributed by atoms with Gasteiger partial charge in [0, 0.05) is 18.6 Å². The van der Waals surface area contributed by atoms with E-state index in [0.29, 0.717) is 12.1 Å². The van der Waals surface area contributed by atoms with Crippen molar-refractivity contribution in [3.05, 3.63) is 0 Å². The molecule has 3 nitrogen and oxygen atoms in total. The summed E-state index contributed by atoms with van der Waals surface area (Å²) >= 11 is 0. The van der Waals surface area contributed by atoms with Gasteiger partial charge < -0.3 is 10.2 Å². The minimum atomic E-state index is 0.130. The maximum atomic E-state index is 8.66. The lowest BCUT2D eigenvalue weighted by Gasteiger charge is -2.35. The third kappa shape index (κ3) is 3.28. The largest absolute Gasteiger partial charge is 0.313 e. The number of hydrogen-bond donors (Lipinski definition) is 1. The Kier molecular flexibility index (Phi) is 4.37. The van der Waals surface area contributed by atoms with Gasteiger partial charge >= 0.3 is 0 Å². The van der Waals surface area contributed by atoms with Crippen LogP contribution in [0.1, 0.15) is 26.7 Å². The van der Waals surface area contributed by atoms with E-state index in [1.165, 1.54) is 19.4 Å². The highest BCUT2D eigenvalue weighted by Gasteiger charge is 2.22. The molecule has 0 amide bonds. The van der Waals surface area contributed by atoms with Crippen LogP contribution in [0.5, 0.6) is 0 Å². The van der Waals surface area contributed by atoms with E-state index in [1.54, 1.807) is 0 Å². The van der Waals surface area contributed by atoms with Crippen LogP contribution in [0.25, 0.3) is 0 Å². The summed E-state index contributed by atoms with van der Waals surface area (Å²) < 4.78 is 0. The zero-order valence-corrected chi connectivity index (χ0v) is 9.45. The summed E-state index contributed by atoms with van der Waals surface area (Å²) in [5, 5.41) is 12.1. The third-order valence-corrected chi connectivity index (χ3v) is 3.14. The molecule has 3 unspecified atom stereocenters. The molecule has 0 aromatic rings. The number of likely N-dealkylation sites (tertiary alicyclic amines) is 1. The Balaban J connectivity index is 2.24. The van der Waals surface area contributed by atoms with Gasteiger partial charge in [-0.05, 0) is 40.3 Å². The van der Waals surface area contributed by atoms with Crippen LogP contribution in [-0.2, 0) is 0 Å². The molecule has 1 fully saturated rings. The molecule has 0 aliphatic carbocycles. The van der Waals surface area contributed by atoms with E-state index in [4.69, 9.17) is 5.26 Å². The summed E-state index contributed by atoms with van der Waals surface area (Å²) in [5.41, 5.74) is 0. The Morgan fingerprint density at radius 1 is 1.64 bits per heavy atom. The van der Waals surface area contributed by atoms with E-state index < -0.39 is 0 Å². The number of nitrogens with zero attached hydrogens (tertiary/aromatic N) is 2. The van der Waals surface area contributed by atoms with Gasteiger partial charge in [0.2, 0.25) is 0 Å². The van der Waals surface area contributed by atoms with E-state index in [2.05, 4.69) is 30.3 Å². The summed E-state index contributed by atoms with van der Waals surface area (Å²) in [5.74, 6) is 0.130. The molecule has 1 aliphatic heterocycles. The van der Waals surface area contributed by atoms with Crippen LogP contribution in [-0.4, -0.2) is 37.1 Å². The molecule has 1 heterocycles. The summed E-state index contributed by atoms with van der Waals surface area (Å²) in [6, 6.07) is 3.53. The second-order valence-corrected chi connectivity index (χ2v) is 4.49. The van der Waals surface area contributed by atoms with E-state index >= 15 is 0 Å². The fourth-order valence-electron chi connectivity index (χ4n) is 1.86. The predicted octanol–water partition coefficient (Wildman–Crippen LogP) is 1.22. The van der Waals surface area contributed by atoms with Crippen molar-refractivity contribution in [2.45, 2.75) is 38.8 Å². The minimum Gasteiger partial charge on any atom is -0.313 e. The van der Waals surface area contributed by atoms with Gasteiger partial charge in [0.1, 0.15) is 0 Å². The van der Waals surface area contributed by atoms with E-state index in [9.17, 15) is 0 Å². The van der Waals surface area contributed by atoms with Gasteiger partial charge in [0.05, 0.1) is 12.0 Å². The van der Waals surface area contributed by atoms with Crippen LogP contribution in [0.3, 0.4) is 0 Å². The van der Waals surface area contributed by atoms with Crippen molar-refractivity contribution in [2.75, 3.05) is 20.1 Å². The maximum Gasteiger partial charge on any atom is 0.0666 e. The van der Waals surface area contributed by atoms with Crippen molar-refractivity contribution in [3.8, 4) is 6.07 Å². The highest BCUT2D eigenvalue weighted by atomic mass is 15.1. The van der Waals surface area contributed by atoms with Crippen molar-refractivity contribution in [3.63, 3.8) is 0 Å². The van der Waals surface area contributed by atoms with E-state index in [1.807, 2.05) is 6.92 Å². The molecule has 1 saturated heterocycles. The average Bonchev–Trinajstić information content (AvgIpc) is 2.19. The highest BCUT2D eigenvalue weighted by molar-refractivity contribution is 4.85. The number of piperidine rings is 1. The molecule has 0 aromatic carbocycles. The Labute approximate surface area is 87.1 Å². The SMILES string of the molecule is CC(C#N)CNC1CCN(C)C(C)C1. The fraction of sp³-hybridized carbons (Fsp3) is 0.909. The second kappa shape index (κ2) is 5.33. The molecular formula is C11H21N3. The number of nitriles is 1. The first kappa shape index (κ1) is 11.5. The molecule has 14 heavy (non-hydrogen) atoms. The lowest BCUT2D eigenvalue weighted by Crippen LogP contribution is -2.46. The Hall–Kier alpha value is -0.590. The second-order valence-electron chi connectivity index (χ2n) is 4.49. The van der Waals surface area contributed by atoms with Gasteiger partial charge in [-0.15, -0.1) is 0 Å². The Morgan fingerprint density at radius 3 is 2.93 bits per heavy atom. The molecule has 1 aliphatic rings. The Bertz CT molecular complexity index is 209. The van der Waals surface area contributed by atoms with Gasteiger partial charge in [-0.1, -0.05) is 0 Å². The molecule has 1 N–H and O–H groups in total. The average molecular weight is 195 g/mol. The van der Waals surface area contributed by atoms with Crippen molar-refractivity contribution in [1.82, 2.24) is 10.2 Å². The lowest BCUT2D eigenvalue weighted by atomic mass is 9.98. The summed E-state index contributed by atoms with van der Waals surface area (Å²) in [6.45, 7) is 6.23. The van der Waals surface area contributed by atoms with Gasteiger partial charge in [0.25, 0.3) is 0 Å². The smallest absolute Gasteiger partial charge is 0.0666 e. The van der Waals surface area contributed by atoms with Crippen molar-refractivity contribution < 1.29 is 0 Å². The zero-order chi connectivity index (χ0) is 10.6. The predicted molar refractivity (Wildman–Crippen MR) is 57.9 cm³/mol. The standard InChI is InChI=1S/C11H21N3/c1-9(7-12)8-13-11-4-5-14(3)10(2)6-11/h9-11,13H,4-6,8H2,1-3H3. The first-order chi connectivity index (χ1) is 6.63. The minimum absolute atomic E-state index is 0.130. The molecule has 0 spiro atoms. The van der Waals surface area contributed by atoms with Crippen LogP contribution < -0.4 is 5.32 Å². The molecular weight excluding hydrogens is 174 g/mol. The monoisotopic (exact) mass is 195 g/mol. The lowest BCUT2D eigenvalue weighted by molar-refractivity contribution is 0.167. The van der Waals surface area contributed by atoms with Crippen LogP contribution in [0.4, 0.5) is 0 Å². The van der Waals surface area contributed by atoms with Crippen LogP contribution in [0.2, 0.25) is 0 Å². The van der Waals surface area contributed by atoms with E-state index in [0.717, 1.165) is 6.54 Å². The van der Waals surface area contributed by atoms with Gasteiger partial charge in [-0.25, -0.2) is 0 Å². The van der Waals surface area contributed by atoms with Gasteiger partial charge in [0.15, 0.2) is 0 Å².